The Balaban J connectivity index is 2.61. The molecule has 0 aliphatic heterocycles. The molecule has 0 aromatic carbocycles. The molecule has 1 heterocycles. The van der Waals surface area contributed by atoms with Crippen LogP contribution in [-0.4, -0.2) is 22.6 Å². The number of nitrogens with zero attached hydrogens (tertiary/aromatic N) is 2. The number of primary amides is 1. The van der Waals surface area contributed by atoms with Gasteiger partial charge in [-0.15, -0.1) is 10.2 Å². The number of hydrogen-bond acceptors (Lipinski definition) is 4. The minimum Gasteiger partial charge on any atom is -0.368 e. The number of amides is 1. The second-order valence-corrected chi connectivity index (χ2v) is 4.58. The molecule has 0 bridgehead atoms. The first-order chi connectivity index (χ1) is 6.88. The summed E-state index contributed by atoms with van der Waals surface area (Å²) in [6, 6.07) is 3.25. The molecule has 0 aliphatic rings. The highest BCUT2D eigenvalue weighted by atomic mass is 16.1. The van der Waals surface area contributed by atoms with Crippen molar-refractivity contribution in [3.8, 4) is 0 Å². The SMILES string of the molecule is CC(C)(C)CNc1ccc(C(N)=O)nn1. The molecule has 1 rings (SSSR count). The maximum Gasteiger partial charge on any atom is 0.269 e. The lowest BCUT2D eigenvalue weighted by atomic mass is 9.97. The van der Waals surface area contributed by atoms with Crippen molar-refractivity contribution in [2.24, 2.45) is 11.1 Å². The molecule has 1 amide bonds. The van der Waals surface area contributed by atoms with E-state index in [9.17, 15) is 4.79 Å². The second-order valence-electron chi connectivity index (χ2n) is 4.58. The van der Waals surface area contributed by atoms with Crippen LogP contribution in [0.1, 0.15) is 31.3 Å². The van der Waals surface area contributed by atoms with E-state index in [1.165, 1.54) is 0 Å². The van der Waals surface area contributed by atoms with Crippen molar-refractivity contribution in [2.75, 3.05) is 11.9 Å². The number of nitrogens with two attached hydrogens (primary N) is 1. The van der Waals surface area contributed by atoms with E-state index < -0.39 is 5.91 Å². The third-order valence-corrected chi connectivity index (χ3v) is 1.72. The molecule has 1 aromatic heterocycles. The van der Waals surface area contributed by atoms with Crippen molar-refractivity contribution in [1.82, 2.24) is 10.2 Å². The van der Waals surface area contributed by atoms with Gasteiger partial charge in [0.25, 0.3) is 5.91 Å². The summed E-state index contributed by atoms with van der Waals surface area (Å²) in [5, 5.41) is 10.7. The van der Waals surface area contributed by atoms with Gasteiger partial charge in [-0.2, -0.15) is 0 Å². The minimum atomic E-state index is -0.565. The molecule has 82 valence electrons. The predicted molar refractivity (Wildman–Crippen MR) is 58.5 cm³/mol. The molecular weight excluding hydrogens is 192 g/mol. The van der Waals surface area contributed by atoms with Crippen molar-refractivity contribution < 1.29 is 4.79 Å². The van der Waals surface area contributed by atoms with Crippen molar-refractivity contribution in [1.29, 1.82) is 0 Å². The van der Waals surface area contributed by atoms with E-state index in [2.05, 4.69) is 36.3 Å². The van der Waals surface area contributed by atoms with Gasteiger partial charge >= 0.3 is 0 Å². The standard InChI is InChI=1S/C10H16N4O/c1-10(2,3)6-12-8-5-4-7(9(11)15)13-14-8/h4-5H,6H2,1-3H3,(H2,11,15)(H,12,14). The Hall–Kier alpha value is -1.65. The zero-order valence-corrected chi connectivity index (χ0v) is 9.24. The molecule has 5 heteroatoms. The summed E-state index contributed by atoms with van der Waals surface area (Å²) in [6.45, 7) is 7.14. The van der Waals surface area contributed by atoms with Crippen LogP contribution in [0.15, 0.2) is 12.1 Å². The van der Waals surface area contributed by atoms with Crippen LogP contribution in [0.2, 0.25) is 0 Å². The van der Waals surface area contributed by atoms with Crippen LogP contribution in [-0.2, 0) is 0 Å². The van der Waals surface area contributed by atoms with E-state index in [-0.39, 0.29) is 11.1 Å². The molecule has 0 atom stereocenters. The van der Waals surface area contributed by atoms with E-state index in [4.69, 9.17) is 5.73 Å². The molecule has 0 radical (unpaired) electrons. The first-order valence-electron chi connectivity index (χ1n) is 4.76. The van der Waals surface area contributed by atoms with Crippen LogP contribution in [0.25, 0.3) is 0 Å². The zero-order chi connectivity index (χ0) is 11.5. The Labute approximate surface area is 89.1 Å². The van der Waals surface area contributed by atoms with Gasteiger partial charge in [-0.1, -0.05) is 20.8 Å². The van der Waals surface area contributed by atoms with Gasteiger partial charge in [0.15, 0.2) is 5.69 Å². The Bertz CT molecular complexity index is 339. The molecular formula is C10H16N4O. The van der Waals surface area contributed by atoms with Crippen molar-refractivity contribution >= 4 is 11.7 Å². The monoisotopic (exact) mass is 208 g/mol. The van der Waals surface area contributed by atoms with E-state index >= 15 is 0 Å². The Kier molecular flexibility index (Phi) is 3.24. The maximum atomic E-state index is 10.7. The molecule has 3 N–H and O–H groups in total. The topological polar surface area (TPSA) is 80.9 Å². The summed E-state index contributed by atoms with van der Waals surface area (Å²) < 4.78 is 0. The highest BCUT2D eigenvalue weighted by Crippen LogP contribution is 2.13. The van der Waals surface area contributed by atoms with Gasteiger partial charge in [0.1, 0.15) is 5.82 Å². The van der Waals surface area contributed by atoms with Gasteiger partial charge in [-0.25, -0.2) is 0 Å². The van der Waals surface area contributed by atoms with Crippen molar-refractivity contribution in [2.45, 2.75) is 20.8 Å². The Morgan fingerprint density at radius 3 is 2.47 bits per heavy atom. The van der Waals surface area contributed by atoms with Crippen LogP contribution in [0.3, 0.4) is 0 Å². The zero-order valence-electron chi connectivity index (χ0n) is 9.24. The third kappa shape index (κ3) is 3.93. The molecule has 0 spiro atoms. The summed E-state index contributed by atoms with van der Waals surface area (Å²) in [7, 11) is 0. The largest absolute Gasteiger partial charge is 0.368 e. The Morgan fingerprint density at radius 2 is 2.07 bits per heavy atom. The number of anilines is 1. The number of rotatable bonds is 3. The van der Waals surface area contributed by atoms with Crippen LogP contribution < -0.4 is 11.1 Å². The fraction of sp³-hybridized carbons (Fsp3) is 0.500. The number of hydrogen-bond donors (Lipinski definition) is 2. The second kappa shape index (κ2) is 4.25. The highest BCUT2D eigenvalue weighted by Gasteiger charge is 2.10. The van der Waals surface area contributed by atoms with Crippen LogP contribution in [0.4, 0.5) is 5.82 Å². The molecule has 15 heavy (non-hydrogen) atoms. The molecule has 0 saturated carbocycles. The van der Waals surface area contributed by atoms with Gasteiger partial charge in [0, 0.05) is 6.54 Å². The number of carbonyl (C=O) groups excluding carboxylic acids is 1. The van der Waals surface area contributed by atoms with Crippen LogP contribution >= 0.6 is 0 Å². The molecule has 1 aromatic rings. The molecule has 0 fully saturated rings. The summed E-state index contributed by atoms with van der Waals surface area (Å²) in [5.74, 6) is 0.0831. The summed E-state index contributed by atoms with van der Waals surface area (Å²) in [4.78, 5) is 10.7. The van der Waals surface area contributed by atoms with Gasteiger partial charge in [-0.05, 0) is 17.5 Å². The van der Waals surface area contributed by atoms with E-state index in [1.807, 2.05) is 0 Å². The van der Waals surface area contributed by atoms with Crippen molar-refractivity contribution in [3.05, 3.63) is 17.8 Å². The minimum absolute atomic E-state index is 0.171. The van der Waals surface area contributed by atoms with Crippen LogP contribution in [0.5, 0.6) is 0 Å². The van der Waals surface area contributed by atoms with E-state index in [1.54, 1.807) is 12.1 Å². The van der Waals surface area contributed by atoms with Gasteiger partial charge in [0.2, 0.25) is 0 Å². The van der Waals surface area contributed by atoms with E-state index in [0.717, 1.165) is 6.54 Å². The number of nitrogens with one attached hydrogen (secondary N) is 1. The lowest BCUT2D eigenvalue weighted by Gasteiger charge is -2.18. The van der Waals surface area contributed by atoms with Crippen molar-refractivity contribution in [3.63, 3.8) is 0 Å². The molecule has 0 saturated heterocycles. The fourth-order valence-electron chi connectivity index (χ4n) is 0.914. The summed E-state index contributed by atoms with van der Waals surface area (Å²) in [6.07, 6.45) is 0. The fourth-order valence-corrected chi connectivity index (χ4v) is 0.914. The van der Waals surface area contributed by atoms with Gasteiger partial charge in [-0.3, -0.25) is 4.79 Å². The smallest absolute Gasteiger partial charge is 0.269 e. The normalized spacial score (nSPS) is 11.1. The number of aromatic nitrogens is 2. The summed E-state index contributed by atoms with van der Waals surface area (Å²) in [5.41, 5.74) is 5.39. The first-order valence-corrected chi connectivity index (χ1v) is 4.76. The molecule has 0 unspecified atom stereocenters. The third-order valence-electron chi connectivity index (χ3n) is 1.72. The van der Waals surface area contributed by atoms with Gasteiger partial charge in [0.05, 0.1) is 0 Å². The summed E-state index contributed by atoms with van der Waals surface area (Å²) >= 11 is 0. The average molecular weight is 208 g/mol. The first kappa shape index (κ1) is 11.4. The quantitative estimate of drug-likeness (QED) is 0.777. The Morgan fingerprint density at radius 1 is 1.40 bits per heavy atom. The predicted octanol–water partition coefficient (Wildman–Crippen LogP) is 1.03. The van der Waals surface area contributed by atoms with Gasteiger partial charge < -0.3 is 11.1 Å². The lowest BCUT2D eigenvalue weighted by Crippen LogP contribution is -2.20. The molecule has 5 nitrogen and oxygen atoms in total. The average Bonchev–Trinajstić information content (AvgIpc) is 2.14. The number of carbonyl (C=O) groups is 1. The maximum absolute atomic E-state index is 10.7. The highest BCUT2D eigenvalue weighted by molar-refractivity contribution is 5.90. The lowest BCUT2D eigenvalue weighted by molar-refractivity contribution is 0.0994. The molecule has 0 aliphatic carbocycles. The van der Waals surface area contributed by atoms with E-state index in [0.29, 0.717) is 5.82 Å². The van der Waals surface area contributed by atoms with Crippen LogP contribution in [0, 0.1) is 5.41 Å².